The van der Waals surface area contributed by atoms with E-state index in [9.17, 15) is 8.42 Å². The normalized spacial score (nSPS) is 13.1. The van der Waals surface area contributed by atoms with Crippen LogP contribution in [0.5, 0.6) is 6.01 Å². The second-order valence-electron chi connectivity index (χ2n) is 4.56. The first-order valence-electron chi connectivity index (χ1n) is 6.64. The third-order valence-corrected chi connectivity index (χ3v) is 5.13. The van der Waals surface area contributed by atoms with Gasteiger partial charge < -0.3 is 4.74 Å². The van der Waals surface area contributed by atoms with Crippen molar-refractivity contribution in [2.75, 3.05) is 7.11 Å². The molecule has 0 unspecified atom stereocenters. The monoisotopic (exact) mass is 344 g/mol. The zero-order chi connectivity index (χ0) is 16.3. The molecule has 0 saturated carbocycles. The van der Waals surface area contributed by atoms with Crippen LogP contribution in [0.4, 0.5) is 0 Å². The summed E-state index contributed by atoms with van der Waals surface area (Å²) in [5.74, 6) is 0.468. The molecule has 1 atom stereocenters. The molecule has 0 aliphatic rings. The van der Waals surface area contributed by atoms with Crippen molar-refractivity contribution in [3.05, 3.63) is 35.1 Å². The molecule has 22 heavy (non-hydrogen) atoms. The standard InChI is InChI=1S/C13H17ClN4O3S/c1-4-18-12(15-16-13(18)21-3)9(2)17-22(19,20)11-8-6-5-7-10(11)14/h5-9,17H,4H2,1-3H3/t9-/m1/s1. The lowest BCUT2D eigenvalue weighted by molar-refractivity contribution is 0.354. The van der Waals surface area contributed by atoms with E-state index in [0.717, 1.165) is 0 Å². The number of methoxy groups -OCH3 is 1. The van der Waals surface area contributed by atoms with Gasteiger partial charge in [0.2, 0.25) is 10.0 Å². The van der Waals surface area contributed by atoms with Gasteiger partial charge in [-0.3, -0.25) is 4.57 Å². The van der Waals surface area contributed by atoms with Crippen molar-refractivity contribution in [1.29, 1.82) is 0 Å². The summed E-state index contributed by atoms with van der Waals surface area (Å²) in [4.78, 5) is 0.0260. The fourth-order valence-corrected chi connectivity index (χ4v) is 3.80. The van der Waals surface area contributed by atoms with Crippen LogP contribution in [0.2, 0.25) is 5.02 Å². The Morgan fingerprint density at radius 3 is 2.64 bits per heavy atom. The zero-order valence-electron chi connectivity index (χ0n) is 12.4. The third-order valence-electron chi connectivity index (χ3n) is 3.09. The molecule has 0 aliphatic heterocycles. The molecule has 1 aromatic carbocycles. The summed E-state index contributed by atoms with van der Waals surface area (Å²) in [7, 11) is -2.28. The molecular formula is C13H17ClN4O3S. The van der Waals surface area contributed by atoms with E-state index in [1.807, 2.05) is 6.92 Å². The van der Waals surface area contributed by atoms with Crippen LogP contribution in [0.25, 0.3) is 0 Å². The number of ether oxygens (including phenoxy) is 1. The highest BCUT2D eigenvalue weighted by molar-refractivity contribution is 7.89. The Hall–Kier alpha value is -1.64. The van der Waals surface area contributed by atoms with E-state index in [-0.39, 0.29) is 9.92 Å². The van der Waals surface area contributed by atoms with Crippen molar-refractivity contribution in [3.8, 4) is 6.01 Å². The van der Waals surface area contributed by atoms with Gasteiger partial charge in [0.15, 0.2) is 5.82 Å². The average Bonchev–Trinajstić information content (AvgIpc) is 2.90. The van der Waals surface area contributed by atoms with Crippen molar-refractivity contribution < 1.29 is 13.2 Å². The van der Waals surface area contributed by atoms with Gasteiger partial charge >= 0.3 is 6.01 Å². The van der Waals surface area contributed by atoms with E-state index >= 15 is 0 Å². The van der Waals surface area contributed by atoms with Gasteiger partial charge in [-0.15, -0.1) is 5.10 Å². The number of benzene rings is 1. The summed E-state index contributed by atoms with van der Waals surface area (Å²) >= 11 is 5.95. The summed E-state index contributed by atoms with van der Waals surface area (Å²) < 4.78 is 34.2. The summed E-state index contributed by atoms with van der Waals surface area (Å²) in [6.45, 7) is 4.14. The number of sulfonamides is 1. The number of nitrogens with one attached hydrogen (secondary N) is 1. The molecular weight excluding hydrogens is 328 g/mol. The zero-order valence-corrected chi connectivity index (χ0v) is 14.0. The molecule has 0 amide bonds. The summed E-state index contributed by atoms with van der Waals surface area (Å²) in [6.07, 6.45) is 0. The van der Waals surface area contributed by atoms with Crippen LogP contribution in [0, 0.1) is 0 Å². The van der Waals surface area contributed by atoms with Crippen molar-refractivity contribution in [2.45, 2.75) is 31.3 Å². The second kappa shape index (κ2) is 6.64. The van der Waals surface area contributed by atoms with Gasteiger partial charge in [-0.2, -0.15) is 0 Å². The Labute approximate surface area is 134 Å². The van der Waals surface area contributed by atoms with Crippen LogP contribution >= 0.6 is 11.6 Å². The van der Waals surface area contributed by atoms with Crippen LogP contribution in [-0.4, -0.2) is 30.3 Å². The van der Waals surface area contributed by atoms with E-state index in [0.29, 0.717) is 18.4 Å². The molecule has 0 fully saturated rings. The molecule has 0 radical (unpaired) electrons. The van der Waals surface area contributed by atoms with Crippen LogP contribution < -0.4 is 9.46 Å². The first-order chi connectivity index (χ1) is 10.4. The Morgan fingerprint density at radius 2 is 2.05 bits per heavy atom. The number of hydrogen-bond acceptors (Lipinski definition) is 5. The minimum atomic E-state index is -3.76. The Morgan fingerprint density at radius 1 is 1.36 bits per heavy atom. The molecule has 120 valence electrons. The maximum Gasteiger partial charge on any atom is 0.316 e. The van der Waals surface area contributed by atoms with Gasteiger partial charge in [0.1, 0.15) is 4.90 Å². The Kier molecular flexibility index (Phi) is 5.05. The second-order valence-corrected chi connectivity index (χ2v) is 6.65. The van der Waals surface area contributed by atoms with Gasteiger partial charge in [-0.25, -0.2) is 13.1 Å². The van der Waals surface area contributed by atoms with E-state index in [1.54, 1.807) is 23.6 Å². The van der Waals surface area contributed by atoms with E-state index in [2.05, 4.69) is 14.9 Å². The van der Waals surface area contributed by atoms with Gasteiger partial charge in [-0.05, 0) is 26.0 Å². The minimum absolute atomic E-state index is 0.0260. The first kappa shape index (κ1) is 16.7. The molecule has 7 nitrogen and oxygen atoms in total. The van der Waals surface area contributed by atoms with Crippen molar-refractivity contribution in [2.24, 2.45) is 0 Å². The van der Waals surface area contributed by atoms with Gasteiger partial charge in [0, 0.05) is 6.54 Å². The average molecular weight is 345 g/mol. The number of rotatable bonds is 6. The lowest BCUT2D eigenvalue weighted by Gasteiger charge is -2.15. The van der Waals surface area contributed by atoms with Crippen LogP contribution in [-0.2, 0) is 16.6 Å². The van der Waals surface area contributed by atoms with Crippen LogP contribution in [0.15, 0.2) is 29.2 Å². The van der Waals surface area contributed by atoms with E-state index in [4.69, 9.17) is 16.3 Å². The first-order valence-corrected chi connectivity index (χ1v) is 8.50. The molecule has 2 aromatic rings. The van der Waals surface area contributed by atoms with Crippen molar-refractivity contribution in [3.63, 3.8) is 0 Å². The summed E-state index contributed by atoms with van der Waals surface area (Å²) in [5, 5.41) is 8.03. The highest BCUT2D eigenvalue weighted by Crippen LogP contribution is 2.23. The maximum atomic E-state index is 12.4. The summed E-state index contributed by atoms with van der Waals surface area (Å²) in [5.41, 5.74) is 0. The van der Waals surface area contributed by atoms with E-state index < -0.39 is 16.1 Å². The van der Waals surface area contributed by atoms with E-state index in [1.165, 1.54) is 19.2 Å². The predicted molar refractivity (Wildman–Crippen MR) is 82.4 cm³/mol. The van der Waals surface area contributed by atoms with Crippen molar-refractivity contribution in [1.82, 2.24) is 19.5 Å². The molecule has 0 bridgehead atoms. The topological polar surface area (TPSA) is 86.1 Å². The predicted octanol–water partition coefficient (Wildman–Crippen LogP) is 2.00. The molecule has 1 heterocycles. The highest BCUT2D eigenvalue weighted by atomic mass is 35.5. The van der Waals surface area contributed by atoms with Gasteiger partial charge in [0.05, 0.1) is 18.2 Å². The van der Waals surface area contributed by atoms with Crippen molar-refractivity contribution >= 4 is 21.6 Å². The molecule has 9 heteroatoms. The number of halogens is 1. The molecule has 0 aliphatic carbocycles. The number of nitrogens with zero attached hydrogens (tertiary/aromatic N) is 3. The third kappa shape index (κ3) is 3.23. The molecule has 1 N–H and O–H groups in total. The minimum Gasteiger partial charge on any atom is -0.467 e. The fraction of sp³-hybridized carbons (Fsp3) is 0.385. The largest absolute Gasteiger partial charge is 0.467 e. The van der Waals surface area contributed by atoms with Gasteiger partial charge in [-0.1, -0.05) is 28.8 Å². The molecule has 0 saturated heterocycles. The lowest BCUT2D eigenvalue weighted by atomic mass is 10.3. The summed E-state index contributed by atoms with van der Waals surface area (Å²) in [6, 6.07) is 6.01. The Bertz CT molecular complexity index is 760. The number of hydrogen-bond donors (Lipinski definition) is 1. The SMILES string of the molecule is CCn1c(OC)nnc1[C@@H](C)NS(=O)(=O)c1ccccc1Cl. The lowest BCUT2D eigenvalue weighted by Crippen LogP contribution is -2.29. The highest BCUT2D eigenvalue weighted by Gasteiger charge is 2.24. The molecule has 0 spiro atoms. The quantitative estimate of drug-likeness (QED) is 0.866. The van der Waals surface area contributed by atoms with Crippen LogP contribution in [0.1, 0.15) is 25.7 Å². The maximum absolute atomic E-state index is 12.4. The van der Waals surface area contributed by atoms with Gasteiger partial charge in [0.25, 0.3) is 0 Å². The number of aromatic nitrogens is 3. The van der Waals surface area contributed by atoms with Crippen LogP contribution in [0.3, 0.4) is 0 Å². The molecule has 1 aromatic heterocycles. The Balaban J connectivity index is 2.31. The fourth-order valence-electron chi connectivity index (χ4n) is 2.08. The smallest absolute Gasteiger partial charge is 0.316 e. The molecule has 2 rings (SSSR count).